The highest BCUT2D eigenvalue weighted by Crippen LogP contribution is 2.36. The minimum absolute atomic E-state index is 0.0725. The zero-order valence-electron chi connectivity index (χ0n) is 19.6. The molecule has 2 N–H and O–H groups in total. The molecule has 0 fully saturated rings. The number of aromatic nitrogens is 4. The SMILES string of the molecule is CC(C)(C)OC(=O)N[C@H]1Cc2c(nc3cc(-c4n[nH]c(=O)o4)ccn23)C[C@@H]1c1cc(F)c(F)cc1F. The maximum atomic E-state index is 14.8. The second-order valence-electron chi connectivity index (χ2n) is 9.62. The number of H-pyrrole nitrogens is 1. The van der Waals surface area contributed by atoms with E-state index in [1.807, 2.05) is 0 Å². The first-order valence-corrected chi connectivity index (χ1v) is 11.2. The molecule has 1 aromatic carbocycles. The molecule has 0 saturated carbocycles. The van der Waals surface area contributed by atoms with E-state index in [-0.39, 0.29) is 24.3 Å². The molecule has 5 rings (SSSR count). The fraction of sp³-hybridized carbons (Fsp3) is 0.333. The van der Waals surface area contributed by atoms with E-state index < -0.39 is 46.9 Å². The van der Waals surface area contributed by atoms with Gasteiger partial charge in [0.25, 0.3) is 0 Å². The third-order valence-electron chi connectivity index (χ3n) is 5.95. The third kappa shape index (κ3) is 4.45. The van der Waals surface area contributed by atoms with Crippen molar-refractivity contribution in [1.82, 2.24) is 24.9 Å². The lowest BCUT2D eigenvalue weighted by atomic mass is 9.80. The number of aromatic amines is 1. The van der Waals surface area contributed by atoms with Crippen molar-refractivity contribution in [2.45, 2.75) is 51.2 Å². The van der Waals surface area contributed by atoms with Gasteiger partial charge in [0.05, 0.1) is 5.69 Å². The number of alkyl carbamates (subject to hydrolysis) is 1. The van der Waals surface area contributed by atoms with E-state index in [0.29, 0.717) is 23.0 Å². The van der Waals surface area contributed by atoms with E-state index in [1.165, 1.54) is 0 Å². The molecule has 3 aromatic heterocycles. The van der Waals surface area contributed by atoms with E-state index in [0.717, 1.165) is 11.8 Å². The monoisotopic (exact) mass is 501 g/mol. The first-order valence-electron chi connectivity index (χ1n) is 11.2. The molecule has 1 aliphatic carbocycles. The van der Waals surface area contributed by atoms with Gasteiger partial charge < -0.3 is 18.9 Å². The predicted molar refractivity (Wildman–Crippen MR) is 121 cm³/mol. The van der Waals surface area contributed by atoms with Crippen LogP contribution in [0.5, 0.6) is 0 Å². The molecular formula is C24H22F3N5O4. The Morgan fingerprint density at radius 1 is 1.17 bits per heavy atom. The summed E-state index contributed by atoms with van der Waals surface area (Å²) < 4.78 is 54.7. The Kier molecular flexibility index (Phi) is 5.61. The quantitative estimate of drug-likeness (QED) is 0.412. The highest BCUT2D eigenvalue weighted by molar-refractivity contribution is 5.68. The van der Waals surface area contributed by atoms with E-state index in [4.69, 9.17) is 9.15 Å². The molecule has 36 heavy (non-hydrogen) atoms. The summed E-state index contributed by atoms with van der Waals surface area (Å²) in [5.41, 5.74) is 1.53. The van der Waals surface area contributed by atoms with Gasteiger partial charge in [-0.25, -0.2) is 32.8 Å². The summed E-state index contributed by atoms with van der Waals surface area (Å²) in [5.74, 6) is -4.75. The van der Waals surface area contributed by atoms with Crippen LogP contribution in [0, 0.1) is 17.5 Å². The van der Waals surface area contributed by atoms with Crippen molar-refractivity contribution < 1.29 is 27.1 Å². The fourth-order valence-corrected chi connectivity index (χ4v) is 4.47. The summed E-state index contributed by atoms with van der Waals surface area (Å²) in [5, 5.41) is 8.78. The van der Waals surface area contributed by atoms with E-state index in [9.17, 15) is 22.8 Å². The molecule has 1 amide bonds. The van der Waals surface area contributed by atoms with E-state index in [2.05, 4.69) is 20.5 Å². The van der Waals surface area contributed by atoms with Crippen LogP contribution in [-0.4, -0.2) is 37.3 Å². The molecule has 4 aromatic rings. The van der Waals surface area contributed by atoms with E-state index in [1.54, 1.807) is 43.5 Å². The molecule has 9 nitrogen and oxygen atoms in total. The average molecular weight is 501 g/mol. The summed E-state index contributed by atoms with van der Waals surface area (Å²) in [6.45, 7) is 5.13. The predicted octanol–water partition coefficient (Wildman–Crippen LogP) is 3.87. The van der Waals surface area contributed by atoms with Crippen LogP contribution >= 0.6 is 0 Å². The Morgan fingerprint density at radius 3 is 2.61 bits per heavy atom. The van der Waals surface area contributed by atoms with Crippen LogP contribution < -0.4 is 11.1 Å². The molecule has 0 unspecified atom stereocenters. The Labute approximate surface area is 202 Å². The van der Waals surface area contributed by atoms with Crippen molar-refractivity contribution in [3.63, 3.8) is 0 Å². The number of hydrogen-bond donors (Lipinski definition) is 2. The Hall–Kier alpha value is -4.09. The number of fused-ring (bicyclic) bond motifs is 3. The molecule has 0 bridgehead atoms. The van der Waals surface area contributed by atoms with Gasteiger partial charge in [0.2, 0.25) is 5.89 Å². The summed E-state index contributed by atoms with van der Waals surface area (Å²) in [6.07, 6.45) is 1.37. The molecule has 1 aliphatic rings. The van der Waals surface area contributed by atoms with Gasteiger partial charge >= 0.3 is 11.8 Å². The van der Waals surface area contributed by atoms with Crippen LogP contribution in [0.4, 0.5) is 18.0 Å². The number of hydrogen-bond acceptors (Lipinski definition) is 6. The van der Waals surface area contributed by atoms with Crippen molar-refractivity contribution in [3.05, 3.63) is 75.4 Å². The fourth-order valence-electron chi connectivity index (χ4n) is 4.47. The van der Waals surface area contributed by atoms with E-state index >= 15 is 0 Å². The number of halogens is 3. The number of benzene rings is 1. The van der Waals surface area contributed by atoms with Crippen LogP contribution in [0.3, 0.4) is 0 Å². The topological polar surface area (TPSA) is 115 Å². The van der Waals surface area contributed by atoms with Crippen LogP contribution in [0.1, 0.15) is 43.6 Å². The number of carbonyl (C=O) groups is 1. The Bertz CT molecular complexity index is 1540. The van der Waals surface area contributed by atoms with Gasteiger partial charge in [0.15, 0.2) is 11.6 Å². The zero-order chi connectivity index (χ0) is 25.8. The van der Waals surface area contributed by atoms with Gasteiger partial charge in [-0.2, -0.15) is 0 Å². The lowest BCUT2D eigenvalue weighted by molar-refractivity contribution is 0.0493. The lowest BCUT2D eigenvalue weighted by Gasteiger charge is -2.33. The van der Waals surface area contributed by atoms with Crippen molar-refractivity contribution in [2.24, 2.45) is 0 Å². The van der Waals surface area contributed by atoms with Gasteiger partial charge in [-0.3, -0.25) is 0 Å². The number of amides is 1. The number of pyridine rings is 1. The van der Waals surface area contributed by atoms with Gasteiger partial charge in [-0.1, -0.05) is 0 Å². The van der Waals surface area contributed by atoms with Gasteiger partial charge in [-0.05, 0) is 44.5 Å². The number of carbonyl (C=O) groups excluding carboxylic acids is 1. The molecule has 188 valence electrons. The largest absolute Gasteiger partial charge is 0.444 e. The number of imidazole rings is 1. The Balaban J connectivity index is 1.56. The number of rotatable bonds is 3. The summed E-state index contributed by atoms with van der Waals surface area (Å²) in [6, 6.07) is 3.97. The maximum absolute atomic E-state index is 14.8. The van der Waals surface area contributed by atoms with Crippen LogP contribution in [0.25, 0.3) is 17.1 Å². The van der Waals surface area contributed by atoms with Gasteiger partial charge in [0, 0.05) is 48.3 Å². The van der Waals surface area contributed by atoms with Crippen molar-refractivity contribution in [3.8, 4) is 11.5 Å². The second kappa shape index (κ2) is 8.54. The highest BCUT2D eigenvalue weighted by Gasteiger charge is 2.36. The smallest absolute Gasteiger partial charge is 0.434 e. The maximum Gasteiger partial charge on any atom is 0.434 e. The first kappa shape index (κ1) is 23.6. The molecule has 0 saturated heterocycles. The number of nitrogens with zero attached hydrogens (tertiary/aromatic N) is 3. The average Bonchev–Trinajstić information content (AvgIpc) is 3.37. The number of ether oxygens (including phenoxy) is 1. The summed E-state index contributed by atoms with van der Waals surface area (Å²) in [7, 11) is 0. The molecule has 0 spiro atoms. The summed E-state index contributed by atoms with van der Waals surface area (Å²) >= 11 is 0. The first-order chi connectivity index (χ1) is 17.0. The minimum Gasteiger partial charge on any atom is -0.444 e. The van der Waals surface area contributed by atoms with Crippen molar-refractivity contribution >= 4 is 11.7 Å². The van der Waals surface area contributed by atoms with Crippen LogP contribution in [-0.2, 0) is 17.6 Å². The molecule has 3 heterocycles. The summed E-state index contributed by atoms with van der Waals surface area (Å²) in [4.78, 5) is 28.5. The second-order valence-corrected chi connectivity index (χ2v) is 9.62. The lowest BCUT2D eigenvalue weighted by Crippen LogP contribution is -2.46. The zero-order valence-corrected chi connectivity index (χ0v) is 19.6. The molecule has 0 radical (unpaired) electrons. The third-order valence-corrected chi connectivity index (χ3v) is 5.95. The van der Waals surface area contributed by atoms with Crippen LogP contribution in [0.15, 0.2) is 39.7 Å². The molecule has 12 heteroatoms. The molecule has 2 atom stereocenters. The van der Waals surface area contributed by atoms with Crippen molar-refractivity contribution in [1.29, 1.82) is 0 Å². The minimum atomic E-state index is -1.30. The molecule has 0 aliphatic heterocycles. The highest BCUT2D eigenvalue weighted by atomic mass is 19.2. The van der Waals surface area contributed by atoms with Gasteiger partial charge in [-0.15, -0.1) is 5.10 Å². The molecular weight excluding hydrogens is 479 g/mol. The van der Waals surface area contributed by atoms with Gasteiger partial charge in [0.1, 0.15) is 17.1 Å². The standard InChI is InChI=1S/C24H22F3N5O4/c1-24(2,3)36-22(33)29-17-10-19-18(8-13(17)12-7-15(26)16(27)9-14(12)25)28-20-6-11(4-5-32(19)20)21-30-31-23(34)35-21/h4-7,9,13,17H,8,10H2,1-3H3,(H,29,33)(H,31,34)/t13-,17+/m1/s1. The van der Waals surface area contributed by atoms with Crippen molar-refractivity contribution in [2.75, 3.05) is 0 Å². The normalized spacial score (nSPS) is 17.7. The Morgan fingerprint density at radius 2 is 1.92 bits per heavy atom. The number of nitrogens with one attached hydrogen (secondary N) is 2. The van der Waals surface area contributed by atoms with Crippen LogP contribution in [0.2, 0.25) is 0 Å².